The van der Waals surface area contributed by atoms with Gasteiger partial charge in [-0.3, -0.25) is 4.79 Å². The molecule has 17 heavy (non-hydrogen) atoms. The largest absolute Gasteiger partial charge is 0.322 e. The SMILES string of the molecule is C=CC(=O)Nc1ccccc1-c1nnnn1C. The molecule has 0 saturated carbocycles. The first-order valence-corrected chi connectivity index (χ1v) is 4.97. The van der Waals surface area contributed by atoms with Crippen molar-refractivity contribution in [2.24, 2.45) is 7.05 Å². The van der Waals surface area contributed by atoms with Crippen LogP contribution in [0.5, 0.6) is 0 Å². The summed E-state index contributed by atoms with van der Waals surface area (Å²) in [5, 5.41) is 13.9. The van der Waals surface area contributed by atoms with Crippen molar-refractivity contribution in [3.8, 4) is 11.4 Å². The number of para-hydroxylation sites is 1. The second kappa shape index (κ2) is 4.56. The number of benzene rings is 1. The summed E-state index contributed by atoms with van der Waals surface area (Å²) >= 11 is 0. The highest BCUT2D eigenvalue weighted by molar-refractivity contribution is 6.01. The van der Waals surface area contributed by atoms with Gasteiger partial charge in [-0.1, -0.05) is 18.7 Å². The van der Waals surface area contributed by atoms with Crippen molar-refractivity contribution in [2.45, 2.75) is 0 Å². The van der Waals surface area contributed by atoms with Crippen LogP contribution in [0.15, 0.2) is 36.9 Å². The standard InChI is InChI=1S/C11H11N5O/c1-3-10(17)12-9-7-5-4-6-8(9)11-13-14-15-16(11)2/h3-7H,1H2,2H3,(H,12,17). The molecule has 6 nitrogen and oxygen atoms in total. The van der Waals surface area contributed by atoms with Crippen molar-refractivity contribution < 1.29 is 4.79 Å². The van der Waals surface area contributed by atoms with E-state index in [1.807, 2.05) is 18.2 Å². The number of amides is 1. The van der Waals surface area contributed by atoms with Crippen LogP contribution in [0.1, 0.15) is 0 Å². The van der Waals surface area contributed by atoms with Crippen molar-refractivity contribution in [2.75, 3.05) is 5.32 Å². The van der Waals surface area contributed by atoms with Crippen LogP contribution in [-0.2, 0) is 11.8 Å². The Morgan fingerprint density at radius 2 is 2.24 bits per heavy atom. The van der Waals surface area contributed by atoms with Gasteiger partial charge in [0, 0.05) is 12.6 Å². The third kappa shape index (κ3) is 2.20. The molecular weight excluding hydrogens is 218 g/mol. The molecule has 0 spiro atoms. The Balaban J connectivity index is 2.44. The first kappa shape index (κ1) is 11.0. The van der Waals surface area contributed by atoms with E-state index in [0.717, 1.165) is 5.56 Å². The predicted octanol–water partition coefficient (Wildman–Crippen LogP) is 1.00. The van der Waals surface area contributed by atoms with Crippen LogP contribution in [0.2, 0.25) is 0 Å². The molecule has 1 N–H and O–H groups in total. The summed E-state index contributed by atoms with van der Waals surface area (Å²) in [5.74, 6) is 0.317. The van der Waals surface area contributed by atoms with E-state index in [-0.39, 0.29) is 5.91 Å². The van der Waals surface area contributed by atoms with Crippen LogP contribution < -0.4 is 5.32 Å². The molecular formula is C11H11N5O. The van der Waals surface area contributed by atoms with Crippen molar-refractivity contribution in [1.82, 2.24) is 20.2 Å². The van der Waals surface area contributed by atoms with E-state index in [1.165, 1.54) is 6.08 Å². The topological polar surface area (TPSA) is 72.7 Å². The van der Waals surface area contributed by atoms with Gasteiger partial charge in [-0.25, -0.2) is 4.68 Å². The average Bonchev–Trinajstić information content (AvgIpc) is 2.76. The summed E-state index contributed by atoms with van der Waals surface area (Å²) in [5.41, 5.74) is 1.41. The molecule has 0 saturated heterocycles. The van der Waals surface area contributed by atoms with Gasteiger partial charge >= 0.3 is 0 Å². The van der Waals surface area contributed by atoms with Gasteiger partial charge in [0.1, 0.15) is 0 Å². The Labute approximate surface area is 98.0 Å². The average molecular weight is 229 g/mol. The number of aryl methyl sites for hydroxylation is 1. The van der Waals surface area contributed by atoms with E-state index in [0.29, 0.717) is 11.5 Å². The Morgan fingerprint density at radius 3 is 2.88 bits per heavy atom. The molecule has 1 aromatic carbocycles. The fourth-order valence-electron chi connectivity index (χ4n) is 1.43. The van der Waals surface area contributed by atoms with E-state index < -0.39 is 0 Å². The Hall–Kier alpha value is -2.50. The van der Waals surface area contributed by atoms with Crippen molar-refractivity contribution >= 4 is 11.6 Å². The third-order valence-corrected chi connectivity index (χ3v) is 2.23. The Kier molecular flexibility index (Phi) is 2.95. The van der Waals surface area contributed by atoms with Gasteiger partial charge in [0.2, 0.25) is 5.91 Å². The summed E-state index contributed by atoms with van der Waals surface area (Å²) in [7, 11) is 1.74. The van der Waals surface area contributed by atoms with Crippen LogP contribution >= 0.6 is 0 Å². The van der Waals surface area contributed by atoms with Crippen LogP contribution in [0, 0.1) is 0 Å². The first-order valence-electron chi connectivity index (χ1n) is 4.97. The zero-order valence-electron chi connectivity index (χ0n) is 9.29. The second-order valence-electron chi connectivity index (χ2n) is 3.37. The molecule has 1 amide bonds. The molecule has 2 rings (SSSR count). The lowest BCUT2D eigenvalue weighted by Crippen LogP contribution is -2.09. The van der Waals surface area contributed by atoms with E-state index in [2.05, 4.69) is 27.4 Å². The summed E-state index contributed by atoms with van der Waals surface area (Å²) < 4.78 is 1.54. The summed E-state index contributed by atoms with van der Waals surface area (Å²) in [6.45, 7) is 3.41. The molecule has 2 aromatic rings. The van der Waals surface area contributed by atoms with Crippen LogP contribution in [-0.4, -0.2) is 26.1 Å². The molecule has 0 aliphatic carbocycles. The van der Waals surface area contributed by atoms with Crippen molar-refractivity contribution in [3.05, 3.63) is 36.9 Å². The van der Waals surface area contributed by atoms with Gasteiger partial charge < -0.3 is 5.32 Å². The number of anilines is 1. The lowest BCUT2D eigenvalue weighted by Gasteiger charge is -2.07. The quantitative estimate of drug-likeness (QED) is 0.797. The number of rotatable bonds is 3. The lowest BCUT2D eigenvalue weighted by atomic mass is 10.1. The van der Waals surface area contributed by atoms with Gasteiger partial charge in [-0.15, -0.1) is 5.10 Å². The minimum absolute atomic E-state index is 0.271. The van der Waals surface area contributed by atoms with E-state index in [4.69, 9.17) is 0 Å². The fourth-order valence-corrected chi connectivity index (χ4v) is 1.43. The smallest absolute Gasteiger partial charge is 0.247 e. The molecule has 1 aromatic heterocycles. The van der Waals surface area contributed by atoms with Crippen molar-refractivity contribution in [1.29, 1.82) is 0 Å². The van der Waals surface area contributed by atoms with Crippen LogP contribution in [0.3, 0.4) is 0 Å². The predicted molar refractivity (Wildman–Crippen MR) is 63.1 cm³/mol. The number of carbonyl (C=O) groups excluding carboxylic acids is 1. The molecule has 0 aliphatic rings. The maximum Gasteiger partial charge on any atom is 0.247 e. The number of carbonyl (C=O) groups is 1. The number of hydrogen-bond acceptors (Lipinski definition) is 4. The zero-order valence-corrected chi connectivity index (χ0v) is 9.29. The monoisotopic (exact) mass is 229 g/mol. The molecule has 0 atom stereocenters. The Morgan fingerprint density at radius 1 is 1.47 bits per heavy atom. The molecule has 0 radical (unpaired) electrons. The fraction of sp³-hybridized carbons (Fsp3) is 0.0909. The minimum atomic E-state index is -0.271. The number of tetrazole rings is 1. The van der Waals surface area contributed by atoms with Crippen LogP contribution in [0.25, 0.3) is 11.4 Å². The highest BCUT2D eigenvalue weighted by Crippen LogP contribution is 2.24. The Bertz CT molecular complexity index is 560. The lowest BCUT2D eigenvalue weighted by molar-refractivity contribution is -0.111. The number of nitrogens with zero attached hydrogens (tertiary/aromatic N) is 4. The van der Waals surface area contributed by atoms with Crippen molar-refractivity contribution in [3.63, 3.8) is 0 Å². The van der Waals surface area contributed by atoms with E-state index >= 15 is 0 Å². The van der Waals surface area contributed by atoms with E-state index in [1.54, 1.807) is 17.8 Å². The number of hydrogen-bond donors (Lipinski definition) is 1. The van der Waals surface area contributed by atoms with Gasteiger partial charge in [-0.05, 0) is 28.6 Å². The normalized spacial score (nSPS) is 9.94. The van der Waals surface area contributed by atoms with Gasteiger partial charge in [-0.2, -0.15) is 0 Å². The molecule has 1 heterocycles. The van der Waals surface area contributed by atoms with Gasteiger partial charge in [0.15, 0.2) is 5.82 Å². The molecule has 86 valence electrons. The highest BCUT2D eigenvalue weighted by atomic mass is 16.1. The molecule has 0 unspecified atom stereocenters. The second-order valence-corrected chi connectivity index (χ2v) is 3.37. The summed E-state index contributed by atoms with van der Waals surface area (Å²) in [6, 6.07) is 7.30. The number of nitrogens with one attached hydrogen (secondary N) is 1. The summed E-state index contributed by atoms with van der Waals surface area (Å²) in [4.78, 5) is 11.3. The summed E-state index contributed by atoms with van der Waals surface area (Å²) in [6.07, 6.45) is 1.21. The third-order valence-electron chi connectivity index (χ3n) is 2.23. The molecule has 0 fully saturated rings. The first-order chi connectivity index (χ1) is 8.22. The highest BCUT2D eigenvalue weighted by Gasteiger charge is 2.11. The zero-order chi connectivity index (χ0) is 12.3. The number of aromatic nitrogens is 4. The minimum Gasteiger partial charge on any atom is -0.322 e. The van der Waals surface area contributed by atoms with Gasteiger partial charge in [0.05, 0.1) is 5.69 Å². The maximum absolute atomic E-state index is 11.3. The van der Waals surface area contributed by atoms with E-state index in [9.17, 15) is 4.79 Å². The molecule has 0 bridgehead atoms. The van der Waals surface area contributed by atoms with Crippen LogP contribution in [0.4, 0.5) is 5.69 Å². The molecule has 6 heteroatoms. The molecule has 0 aliphatic heterocycles. The van der Waals surface area contributed by atoms with Gasteiger partial charge in [0.25, 0.3) is 0 Å². The maximum atomic E-state index is 11.3.